The first-order valence-corrected chi connectivity index (χ1v) is 43.3. The largest absolute Gasteiger partial charge is 0.508 e. The van der Waals surface area contributed by atoms with E-state index in [0.29, 0.717) is 119 Å². The van der Waals surface area contributed by atoms with Gasteiger partial charge < -0.3 is 29.2 Å². The molecule has 0 amide bonds. The predicted octanol–water partition coefficient (Wildman–Crippen LogP) is 20.9. The number of carbonyl (C=O) groups excluding carboxylic acids is 6. The van der Waals surface area contributed by atoms with Gasteiger partial charge in [0.15, 0.2) is 17.2 Å². The quantitative estimate of drug-likeness (QED) is 0.0544. The number of aryl methyl sites for hydroxylation is 2. The maximum absolute atomic E-state index is 12.5. The highest BCUT2D eigenvalue weighted by molar-refractivity contribution is 5.92. The molecule has 7 unspecified atom stereocenters. The zero-order valence-corrected chi connectivity index (χ0v) is 66.8. The number of ketones is 2. The number of aliphatic hydroxyl groups is 1. The van der Waals surface area contributed by atoms with Gasteiger partial charge in [0.05, 0.1) is 11.7 Å². The van der Waals surface area contributed by atoms with Gasteiger partial charge in [-0.05, 0) is 338 Å². The van der Waals surface area contributed by atoms with E-state index < -0.39 is 5.60 Å². The SMILES string of the molecule is C#CC1(OC(C)=O)CC[C@H]2[C@@H]3CCC4=CC(=O)CC[C@@H]4[C@H]3CC[C@@]21C.CCCCC(=O)O[C@H]1CCC2C3CCc4cc(O)ccc4C3CC[C@@]21C.CCCCCCC(=O)O[C@H]1CC[C@H]2[C@@H]3CCC4=CC(=O)CC[C@]4(C)[C@H]3CC[C@]12C.C[C@]12CCC3c4ccc(OC(=O)c5ccccc5)cc4CCC3C1CC[C@@H]2O. The molecule has 10 saturated carbocycles. The van der Waals surface area contributed by atoms with Gasteiger partial charge in [-0.15, -0.1) is 6.42 Å². The van der Waals surface area contributed by atoms with E-state index in [0.717, 1.165) is 147 Å². The summed E-state index contributed by atoms with van der Waals surface area (Å²) in [6.45, 7) is 17.6. The van der Waals surface area contributed by atoms with E-state index >= 15 is 0 Å². The van der Waals surface area contributed by atoms with Crippen molar-refractivity contribution in [3.63, 3.8) is 0 Å². The van der Waals surface area contributed by atoms with Crippen molar-refractivity contribution in [1.29, 1.82) is 0 Å². The van der Waals surface area contributed by atoms with Crippen LogP contribution in [0.2, 0.25) is 0 Å². The molecule has 2 N–H and O–H groups in total. The molecule has 3 aromatic carbocycles. The van der Waals surface area contributed by atoms with Gasteiger partial charge in [-0.25, -0.2) is 4.79 Å². The fourth-order valence-corrected chi connectivity index (χ4v) is 27.1. The van der Waals surface area contributed by atoms with Gasteiger partial charge in [-0.3, -0.25) is 24.0 Å². The molecule has 14 aliphatic rings. The second-order valence-electron chi connectivity index (χ2n) is 37.9. The van der Waals surface area contributed by atoms with Gasteiger partial charge in [0, 0.05) is 48.9 Å². The van der Waals surface area contributed by atoms with Crippen LogP contribution in [-0.2, 0) is 51.0 Å². The molecule has 22 atom stereocenters. The van der Waals surface area contributed by atoms with E-state index in [9.17, 15) is 39.0 Å². The molecule has 0 aromatic heterocycles. The van der Waals surface area contributed by atoms with Crippen LogP contribution in [0.3, 0.4) is 0 Å². The number of hydrogen-bond acceptors (Lipinski definition) is 12. The Morgan fingerprint density at radius 3 is 1.78 bits per heavy atom. The fourth-order valence-electron chi connectivity index (χ4n) is 27.1. The summed E-state index contributed by atoms with van der Waals surface area (Å²) >= 11 is 0. The maximum Gasteiger partial charge on any atom is 0.343 e. The minimum atomic E-state index is -0.729. The number of benzene rings is 3. The van der Waals surface area contributed by atoms with Crippen molar-refractivity contribution in [3.8, 4) is 23.8 Å². The Morgan fingerprint density at radius 1 is 0.509 bits per heavy atom. The second-order valence-corrected chi connectivity index (χ2v) is 37.9. The lowest BCUT2D eigenvalue weighted by Crippen LogP contribution is -2.53. The number of allylic oxidation sites excluding steroid dienone is 2. The van der Waals surface area contributed by atoms with Gasteiger partial charge in [0.2, 0.25) is 0 Å². The van der Waals surface area contributed by atoms with Crippen molar-refractivity contribution in [3.05, 3.63) is 118 Å². The number of hydrogen-bond donors (Lipinski definition) is 2. The molecule has 0 heterocycles. The number of fused-ring (bicyclic) bond motifs is 20. The lowest BCUT2D eigenvalue weighted by Gasteiger charge is -2.57. The normalized spacial score (nSPS) is 38.8. The van der Waals surface area contributed by atoms with Crippen LogP contribution in [0.5, 0.6) is 11.5 Å². The third-order valence-corrected chi connectivity index (χ3v) is 32.9. The highest BCUT2D eigenvalue weighted by atomic mass is 16.6. The number of ether oxygens (including phenoxy) is 4. The van der Waals surface area contributed by atoms with E-state index in [4.69, 9.17) is 25.4 Å². The Morgan fingerprint density at radius 2 is 1.10 bits per heavy atom. The van der Waals surface area contributed by atoms with Gasteiger partial charge >= 0.3 is 23.9 Å². The topological polar surface area (TPSA) is 180 Å². The minimum absolute atomic E-state index is 0.00492. The van der Waals surface area contributed by atoms with Crippen molar-refractivity contribution < 1.29 is 57.9 Å². The van der Waals surface area contributed by atoms with Crippen molar-refractivity contribution in [2.45, 2.75) is 322 Å². The van der Waals surface area contributed by atoms with Crippen molar-refractivity contribution in [1.82, 2.24) is 0 Å². The number of terminal acetylenes is 1. The third kappa shape index (κ3) is 14.7. The average molecular weight is 1470 g/mol. The van der Waals surface area contributed by atoms with Crippen LogP contribution in [0.25, 0.3) is 0 Å². The summed E-state index contributed by atoms with van der Waals surface area (Å²) in [5.74, 6) is 12.5. The van der Waals surface area contributed by atoms with Crippen molar-refractivity contribution in [2.24, 2.45) is 92.2 Å². The predicted molar refractivity (Wildman–Crippen MR) is 421 cm³/mol. The van der Waals surface area contributed by atoms with Gasteiger partial charge in [0.25, 0.3) is 0 Å². The lowest BCUT2D eigenvalue weighted by molar-refractivity contribution is -0.167. The molecule has 0 aliphatic heterocycles. The van der Waals surface area contributed by atoms with Crippen LogP contribution < -0.4 is 4.74 Å². The average Bonchev–Trinajstić information content (AvgIpc) is 1.49. The molecular formula is C96H128O12. The highest BCUT2D eigenvalue weighted by Crippen LogP contribution is 2.69. The molecule has 14 aliphatic carbocycles. The molecule has 0 bridgehead atoms. The molecule has 12 nitrogen and oxygen atoms in total. The monoisotopic (exact) mass is 1470 g/mol. The summed E-state index contributed by atoms with van der Waals surface area (Å²) in [5, 5.41) is 20.3. The van der Waals surface area contributed by atoms with Crippen LogP contribution in [-0.4, -0.2) is 69.6 Å². The van der Waals surface area contributed by atoms with Gasteiger partial charge in [-0.2, -0.15) is 0 Å². The van der Waals surface area contributed by atoms with E-state index in [-0.39, 0.29) is 69.3 Å². The van der Waals surface area contributed by atoms with E-state index in [1.54, 1.807) is 12.1 Å². The summed E-state index contributed by atoms with van der Waals surface area (Å²) in [6, 6.07) is 21.3. The van der Waals surface area contributed by atoms with Crippen LogP contribution in [0.4, 0.5) is 0 Å². The molecule has 584 valence electrons. The number of unbranched alkanes of at least 4 members (excludes halogenated alkanes) is 4. The molecule has 10 fully saturated rings. The van der Waals surface area contributed by atoms with Crippen molar-refractivity contribution in [2.75, 3.05) is 0 Å². The zero-order valence-electron chi connectivity index (χ0n) is 66.8. The second kappa shape index (κ2) is 32.0. The number of rotatable bonds is 13. The number of phenolic OH excluding ortho intramolecular Hbond substituents is 1. The summed E-state index contributed by atoms with van der Waals surface area (Å²) in [5.41, 5.74) is 8.81. The first-order chi connectivity index (χ1) is 51.9. The fraction of sp³-hybridized carbons (Fsp3) is 0.688. The third-order valence-electron chi connectivity index (χ3n) is 32.9. The van der Waals surface area contributed by atoms with Crippen LogP contribution in [0.1, 0.15) is 318 Å². The van der Waals surface area contributed by atoms with Crippen LogP contribution in [0, 0.1) is 105 Å². The number of phenols is 1. The first kappa shape index (κ1) is 78.4. The number of aromatic hydroxyl groups is 1. The lowest BCUT2D eigenvalue weighted by atomic mass is 9.47. The Kier molecular flexibility index (Phi) is 23.3. The zero-order chi connectivity index (χ0) is 76.1. The standard InChI is InChI=1S/C26H40O3.C25H28O3.C23H32O3.C22H28O3/c1-4-5-6-7-8-24(28)29-23-12-11-21-20-10-9-18-17-19(27)13-15-25(18,2)22(20)14-16-26(21,23)3;1-25-14-13-20-19-10-8-18(28-24(27)16-5-3-2-4-6-16)15-17(19)7-9-21(20)22(25)11-12-23(25)26;1-3-4-5-22(25)26-21-11-10-20-19-8-6-15-14-16(24)7-9-17(15)18(19)12-13-23(20,21)2;1-4-22(25-14(2)23)12-10-20-19-7-5-15-13-16(24)6-8-17(15)18(19)9-11-21(20,22)3/h17,20-23H,4-16H2,1-3H3;2-6,8,10,15,20-23,26H,7,9,11-14H2,1H3;7,9,14,18-21,24H,3-6,8,10-13H2,1-2H3;1,13,17-20H,5-12H2,2-3H3/t20-,21-,22-,23-,25-,26-;20?,21?,22?,23-,25-;18?,19?,20?,21-,23-;17-,18+,19+,20-,21-,22?/m0000/s1. The Labute approximate surface area is 646 Å². The molecule has 108 heavy (non-hydrogen) atoms. The summed E-state index contributed by atoms with van der Waals surface area (Å²) in [7, 11) is 0. The van der Waals surface area contributed by atoms with Gasteiger partial charge in [-0.1, -0.05) is 122 Å². The Hall–Kier alpha value is -6.32. The molecule has 17 rings (SSSR count). The minimum Gasteiger partial charge on any atom is -0.508 e. The van der Waals surface area contributed by atoms with E-state index in [1.165, 1.54) is 111 Å². The first-order valence-electron chi connectivity index (χ1n) is 43.3. The summed E-state index contributed by atoms with van der Waals surface area (Å²) in [4.78, 5) is 72.5. The van der Waals surface area contributed by atoms with Crippen molar-refractivity contribution >= 4 is 35.4 Å². The van der Waals surface area contributed by atoms with E-state index in [2.05, 4.69) is 72.6 Å². The number of esters is 4. The summed E-state index contributed by atoms with van der Waals surface area (Å²) < 4.78 is 23.5. The van der Waals surface area contributed by atoms with E-state index in [1.807, 2.05) is 48.6 Å². The maximum atomic E-state index is 12.5. The molecule has 3 aromatic rings. The Balaban J connectivity index is 0.000000121. The molecule has 12 heteroatoms. The van der Waals surface area contributed by atoms with Crippen LogP contribution in [0.15, 0.2) is 90.0 Å². The molecular weight excluding hydrogens is 1350 g/mol. The number of carbonyl (C=O) groups is 6. The molecule has 0 radical (unpaired) electrons. The Bertz CT molecular complexity index is 3930. The number of aliphatic hydroxyl groups excluding tert-OH is 1. The van der Waals surface area contributed by atoms with Gasteiger partial charge in [0.1, 0.15) is 23.7 Å². The molecule has 0 spiro atoms. The van der Waals surface area contributed by atoms with Crippen LogP contribution >= 0.6 is 0 Å². The highest BCUT2D eigenvalue weighted by Gasteiger charge is 2.65. The summed E-state index contributed by atoms with van der Waals surface area (Å²) in [6.07, 6.45) is 47.7. The molecule has 0 saturated heterocycles. The smallest absolute Gasteiger partial charge is 0.343 e.